The molecule has 1 aliphatic rings. The highest BCUT2D eigenvalue weighted by Gasteiger charge is 2.18. The van der Waals surface area contributed by atoms with Crippen LogP contribution in [0.3, 0.4) is 0 Å². The number of aromatic nitrogens is 1. The van der Waals surface area contributed by atoms with Crippen molar-refractivity contribution < 1.29 is 0 Å². The molecular weight excluding hydrogens is 218 g/mol. The van der Waals surface area contributed by atoms with E-state index < -0.39 is 0 Å². The van der Waals surface area contributed by atoms with E-state index in [0.29, 0.717) is 6.04 Å². The molecule has 3 nitrogen and oxygen atoms in total. The largest absolute Gasteiger partial charge is 0.297 e. The first kappa shape index (κ1) is 11.4. The van der Waals surface area contributed by atoms with E-state index in [2.05, 4.69) is 38.3 Å². The lowest BCUT2D eigenvalue weighted by Crippen LogP contribution is -2.36. The van der Waals surface area contributed by atoms with Crippen molar-refractivity contribution in [3.8, 4) is 0 Å². The minimum absolute atomic E-state index is 0.336. The molecule has 0 N–H and O–H groups in total. The number of hydrogen-bond acceptors (Lipinski definition) is 4. The highest BCUT2D eigenvalue weighted by atomic mass is 32.1. The Morgan fingerprint density at radius 3 is 3.31 bits per heavy atom. The van der Waals surface area contributed by atoms with E-state index >= 15 is 0 Å². The predicted octanol–water partition coefficient (Wildman–Crippen LogP) is 2.15. The van der Waals surface area contributed by atoms with Gasteiger partial charge in [0.1, 0.15) is 0 Å². The average Bonchev–Trinajstić information content (AvgIpc) is 2.31. The van der Waals surface area contributed by atoms with Crippen molar-refractivity contribution in [2.45, 2.75) is 25.4 Å². The number of likely N-dealkylation sites (tertiary alicyclic amines) is 1. The van der Waals surface area contributed by atoms with Crippen LogP contribution in [-0.4, -0.2) is 34.2 Å². The van der Waals surface area contributed by atoms with Crippen molar-refractivity contribution in [2.75, 3.05) is 13.1 Å². The summed E-state index contributed by atoms with van der Waals surface area (Å²) in [6, 6.07) is 4.42. The average molecular weight is 233 g/mol. The summed E-state index contributed by atoms with van der Waals surface area (Å²) in [6.45, 7) is 3.08. The molecule has 1 saturated heterocycles. The Balaban J connectivity index is 1.93. The summed E-state index contributed by atoms with van der Waals surface area (Å²) >= 11 is 4.66. The zero-order valence-corrected chi connectivity index (χ0v) is 9.99. The highest BCUT2D eigenvalue weighted by Crippen LogP contribution is 2.15. The number of isothiocyanates is 1. The number of pyridine rings is 1. The van der Waals surface area contributed by atoms with Gasteiger partial charge in [0.25, 0.3) is 0 Å². The maximum Gasteiger partial charge on any atom is 0.0730 e. The van der Waals surface area contributed by atoms with E-state index in [-0.39, 0.29) is 0 Å². The molecule has 4 heteroatoms. The molecule has 1 atom stereocenters. The maximum absolute atomic E-state index is 4.66. The number of rotatable bonds is 3. The molecule has 0 spiro atoms. The molecule has 16 heavy (non-hydrogen) atoms. The Labute approximate surface area is 101 Å². The van der Waals surface area contributed by atoms with Crippen LogP contribution in [0.5, 0.6) is 0 Å². The second-order valence-corrected chi connectivity index (χ2v) is 4.30. The van der Waals surface area contributed by atoms with Crippen LogP contribution in [0.2, 0.25) is 0 Å². The third-order valence-corrected chi connectivity index (χ3v) is 2.95. The van der Waals surface area contributed by atoms with E-state index in [1.807, 2.05) is 12.3 Å². The van der Waals surface area contributed by atoms with Gasteiger partial charge in [-0.2, -0.15) is 0 Å². The standard InChI is InChI=1S/C12H15N3S/c16-10-14-12-4-2-6-15(9-12)8-11-3-1-5-13-7-11/h1,3,5,7,12H,2,4,6,8-9H2/t12-/m0/s1. The minimum atomic E-state index is 0.336. The first-order valence-electron chi connectivity index (χ1n) is 5.57. The van der Waals surface area contributed by atoms with Gasteiger partial charge in [-0.1, -0.05) is 6.07 Å². The van der Waals surface area contributed by atoms with Crippen molar-refractivity contribution in [3.63, 3.8) is 0 Å². The number of nitrogens with zero attached hydrogens (tertiary/aromatic N) is 3. The highest BCUT2D eigenvalue weighted by molar-refractivity contribution is 7.78. The van der Waals surface area contributed by atoms with E-state index in [0.717, 1.165) is 26.1 Å². The van der Waals surface area contributed by atoms with Gasteiger partial charge in [-0.05, 0) is 43.2 Å². The molecule has 0 saturated carbocycles. The van der Waals surface area contributed by atoms with Gasteiger partial charge in [0.05, 0.1) is 11.2 Å². The van der Waals surface area contributed by atoms with Crippen LogP contribution in [0.25, 0.3) is 0 Å². The van der Waals surface area contributed by atoms with Gasteiger partial charge in [-0.15, -0.1) is 0 Å². The molecular formula is C12H15N3S. The summed E-state index contributed by atoms with van der Waals surface area (Å²) in [5.41, 5.74) is 1.26. The smallest absolute Gasteiger partial charge is 0.0730 e. The lowest BCUT2D eigenvalue weighted by Gasteiger charge is -2.30. The Kier molecular flexibility index (Phi) is 4.17. The lowest BCUT2D eigenvalue weighted by atomic mass is 10.1. The molecule has 1 aliphatic heterocycles. The molecule has 0 unspecified atom stereocenters. The van der Waals surface area contributed by atoms with E-state index in [9.17, 15) is 0 Å². The monoisotopic (exact) mass is 233 g/mol. The second kappa shape index (κ2) is 5.85. The molecule has 0 bridgehead atoms. The SMILES string of the molecule is S=C=N[C@H]1CCCN(Cc2cccnc2)C1. The molecule has 0 radical (unpaired) electrons. The number of piperidine rings is 1. The van der Waals surface area contributed by atoms with Crippen molar-refractivity contribution >= 4 is 17.4 Å². The normalized spacial score (nSPS) is 21.4. The van der Waals surface area contributed by atoms with Crippen LogP contribution < -0.4 is 0 Å². The van der Waals surface area contributed by atoms with Crippen LogP contribution in [0.1, 0.15) is 18.4 Å². The van der Waals surface area contributed by atoms with Crippen molar-refractivity contribution in [2.24, 2.45) is 4.99 Å². The fraction of sp³-hybridized carbons (Fsp3) is 0.500. The maximum atomic E-state index is 4.66. The Hall–Kier alpha value is -1.09. The molecule has 2 heterocycles. The summed E-state index contributed by atoms with van der Waals surface area (Å²) in [7, 11) is 0. The van der Waals surface area contributed by atoms with Gasteiger partial charge in [0, 0.05) is 25.5 Å². The summed E-state index contributed by atoms with van der Waals surface area (Å²) < 4.78 is 0. The molecule has 0 aromatic carbocycles. The first-order valence-corrected chi connectivity index (χ1v) is 5.97. The molecule has 1 aromatic rings. The predicted molar refractivity (Wildman–Crippen MR) is 67.6 cm³/mol. The third-order valence-electron chi connectivity index (χ3n) is 2.84. The van der Waals surface area contributed by atoms with E-state index in [4.69, 9.17) is 0 Å². The molecule has 0 aliphatic carbocycles. The fourth-order valence-electron chi connectivity index (χ4n) is 2.10. The zero-order chi connectivity index (χ0) is 11.2. The topological polar surface area (TPSA) is 28.5 Å². The van der Waals surface area contributed by atoms with Crippen molar-refractivity contribution in [1.29, 1.82) is 0 Å². The van der Waals surface area contributed by atoms with Crippen LogP contribution >= 0.6 is 12.2 Å². The zero-order valence-electron chi connectivity index (χ0n) is 9.17. The van der Waals surface area contributed by atoms with Gasteiger partial charge >= 0.3 is 0 Å². The molecule has 2 rings (SSSR count). The summed E-state index contributed by atoms with van der Waals surface area (Å²) in [6.07, 6.45) is 6.05. The molecule has 84 valence electrons. The minimum Gasteiger partial charge on any atom is -0.297 e. The van der Waals surface area contributed by atoms with E-state index in [1.54, 1.807) is 6.20 Å². The summed E-state index contributed by atoms with van der Waals surface area (Å²) in [4.78, 5) is 10.7. The van der Waals surface area contributed by atoms with Gasteiger partial charge in [-0.25, -0.2) is 4.99 Å². The quantitative estimate of drug-likeness (QED) is 0.591. The van der Waals surface area contributed by atoms with Gasteiger partial charge in [0.2, 0.25) is 0 Å². The Morgan fingerprint density at radius 1 is 1.62 bits per heavy atom. The number of aliphatic imine (C=N–C) groups is 1. The van der Waals surface area contributed by atoms with Crippen molar-refractivity contribution in [1.82, 2.24) is 9.88 Å². The molecule has 1 fully saturated rings. The number of thiocarbonyl (C=S) groups is 1. The summed E-state index contributed by atoms with van der Waals surface area (Å²) in [5, 5.41) is 2.49. The van der Waals surface area contributed by atoms with Gasteiger partial charge < -0.3 is 0 Å². The second-order valence-electron chi connectivity index (χ2n) is 4.11. The fourth-order valence-corrected chi connectivity index (χ4v) is 2.25. The number of hydrogen-bond donors (Lipinski definition) is 0. The molecule has 0 amide bonds. The van der Waals surface area contributed by atoms with Crippen LogP contribution in [-0.2, 0) is 6.54 Å². The van der Waals surface area contributed by atoms with Crippen molar-refractivity contribution in [3.05, 3.63) is 30.1 Å². The Morgan fingerprint density at radius 2 is 2.56 bits per heavy atom. The van der Waals surface area contributed by atoms with E-state index in [1.165, 1.54) is 12.0 Å². The first-order chi connectivity index (χ1) is 7.88. The van der Waals surface area contributed by atoms with Gasteiger partial charge in [0.15, 0.2) is 0 Å². The lowest BCUT2D eigenvalue weighted by molar-refractivity contribution is 0.202. The summed E-state index contributed by atoms with van der Waals surface area (Å²) in [5.74, 6) is 0. The van der Waals surface area contributed by atoms with Crippen LogP contribution in [0.15, 0.2) is 29.5 Å². The third kappa shape index (κ3) is 3.20. The Bertz CT molecular complexity index is 373. The van der Waals surface area contributed by atoms with Gasteiger partial charge in [-0.3, -0.25) is 9.88 Å². The molecule has 1 aromatic heterocycles. The van der Waals surface area contributed by atoms with Crippen LogP contribution in [0.4, 0.5) is 0 Å². The van der Waals surface area contributed by atoms with Crippen LogP contribution in [0, 0.1) is 0 Å².